The van der Waals surface area contributed by atoms with Crippen molar-refractivity contribution in [2.24, 2.45) is 0 Å². The summed E-state index contributed by atoms with van der Waals surface area (Å²) in [5.74, 6) is 1.32. The van der Waals surface area contributed by atoms with E-state index in [0.29, 0.717) is 17.3 Å². The molecule has 4 heteroatoms. The van der Waals surface area contributed by atoms with Gasteiger partial charge in [0.1, 0.15) is 17.3 Å². The van der Waals surface area contributed by atoms with Crippen LogP contribution >= 0.6 is 0 Å². The van der Waals surface area contributed by atoms with Crippen molar-refractivity contribution in [2.45, 2.75) is 6.92 Å². The number of methoxy groups -OCH3 is 2. The van der Waals surface area contributed by atoms with Crippen LogP contribution in [0.4, 0.5) is 0 Å². The Bertz CT molecular complexity index is 396. The molecule has 0 aliphatic carbocycles. The van der Waals surface area contributed by atoms with Gasteiger partial charge in [-0.1, -0.05) is 6.07 Å². The lowest BCUT2D eigenvalue weighted by Gasteiger charge is -2.06. The van der Waals surface area contributed by atoms with Gasteiger partial charge in [0, 0.05) is 6.07 Å². The van der Waals surface area contributed by atoms with Gasteiger partial charge in [-0.05, 0) is 19.1 Å². The number of allylic oxidation sites excluding steroid dienone is 1. The largest absolute Gasteiger partial charge is 0.497 e. The van der Waals surface area contributed by atoms with Crippen molar-refractivity contribution in [2.75, 3.05) is 14.2 Å². The van der Waals surface area contributed by atoms with E-state index < -0.39 is 5.97 Å². The summed E-state index contributed by atoms with van der Waals surface area (Å²) >= 11 is 0. The molecule has 0 aromatic heterocycles. The van der Waals surface area contributed by atoms with Crippen LogP contribution in [-0.4, -0.2) is 20.2 Å². The maximum Gasteiger partial charge on any atom is 0.333 e. The molecular formula is C12H14O4. The van der Waals surface area contributed by atoms with Gasteiger partial charge in [0.25, 0.3) is 0 Å². The number of rotatable bonds is 4. The van der Waals surface area contributed by atoms with Crippen LogP contribution in [0.25, 0.3) is 0 Å². The van der Waals surface area contributed by atoms with E-state index in [2.05, 4.69) is 4.74 Å². The molecule has 0 radical (unpaired) electrons. The van der Waals surface area contributed by atoms with Crippen LogP contribution in [0.15, 0.2) is 36.1 Å². The Labute approximate surface area is 94.4 Å². The van der Waals surface area contributed by atoms with Crippen molar-refractivity contribution in [3.63, 3.8) is 0 Å². The van der Waals surface area contributed by atoms with E-state index in [-0.39, 0.29) is 0 Å². The lowest BCUT2D eigenvalue weighted by Crippen LogP contribution is -1.99. The van der Waals surface area contributed by atoms with Gasteiger partial charge in [0.15, 0.2) is 0 Å². The SMILES string of the molecule is COC(=O)C=C(C)Oc1cccc(OC)c1. The molecule has 0 bridgehead atoms. The summed E-state index contributed by atoms with van der Waals surface area (Å²) in [7, 11) is 2.90. The number of hydrogen-bond donors (Lipinski definition) is 0. The van der Waals surface area contributed by atoms with E-state index in [1.54, 1.807) is 32.2 Å². The van der Waals surface area contributed by atoms with Gasteiger partial charge in [-0.2, -0.15) is 0 Å². The lowest BCUT2D eigenvalue weighted by molar-refractivity contribution is -0.135. The van der Waals surface area contributed by atoms with Gasteiger partial charge in [-0.15, -0.1) is 0 Å². The molecule has 0 spiro atoms. The monoisotopic (exact) mass is 222 g/mol. The van der Waals surface area contributed by atoms with Crippen molar-refractivity contribution in [1.29, 1.82) is 0 Å². The molecule has 4 nitrogen and oxygen atoms in total. The van der Waals surface area contributed by atoms with Gasteiger partial charge >= 0.3 is 5.97 Å². The number of ether oxygens (including phenoxy) is 3. The average Bonchev–Trinajstić information content (AvgIpc) is 2.28. The van der Waals surface area contributed by atoms with E-state index in [4.69, 9.17) is 9.47 Å². The molecule has 0 saturated heterocycles. The Hall–Kier alpha value is -1.97. The fourth-order valence-corrected chi connectivity index (χ4v) is 1.10. The predicted octanol–water partition coefficient (Wildman–Crippen LogP) is 2.15. The minimum atomic E-state index is -0.444. The fraction of sp³-hybridized carbons (Fsp3) is 0.250. The summed E-state index contributed by atoms with van der Waals surface area (Å²) < 4.78 is 14.9. The Morgan fingerprint density at radius 3 is 2.56 bits per heavy atom. The molecule has 86 valence electrons. The first-order valence-electron chi connectivity index (χ1n) is 4.74. The van der Waals surface area contributed by atoms with Gasteiger partial charge in [-0.3, -0.25) is 0 Å². The molecule has 0 fully saturated rings. The highest BCUT2D eigenvalue weighted by Crippen LogP contribution is 2.20. The van der Waals surface area contributed by atoms with Crippen LogP contribution in [0.5, 0.6) is 11.5 Å². The van der Waals surface area contributed by atoms with Crippen molar-refractivity contribution in [3.05, 3.63) is 36.1 Å². The second kappa shape index (κ2) is 5.80. The zero-order chi connectivity index (χ0) is 12.0. The van der Waals surface area contributed by atoms with E-state index in [0.717, 1.165) is 0 Å². The Balaban J connectivity index is 2.72. The third kappa shape index (κ3) is 3.65. The zero-order valence-electron chi connectivity index (χ0n) is 9.52. The summed E-state index contributed by atoms with van der Waals surface area (Å²) in [4.78, 5) is 10.9. The number of benzene rings is 1. The second-order valence-electron chi connectivity index (χ2n) is 3.06. The number of carbonyl (C=O) groups excluding carboxylic acids is 1. The summed E-state index contributed by atoms with van der Waals surface area (Å²) in [5.41, 5.74) is 0. The third-order valence-electron chi connectivity index (χ3n) is 1.84. The molecule has 0 N–H and O–H groups in total. The molecule has 1 rings (SSSR count). The first-order chi connectivity index (χ1) is 7.65. The number of carbonyl (C=O) groups is 1. The summed E-state index contributed by atoms with van der Waals surface area (Å²) in [6.45, 7) is 1.68. The zero-order valence-corrected chi connectivity index (χ0v) is 9.52. The lowest BCUT2D eigenvalue weighted by atomic mass is 10.3. The summed E-state index contributed by atoms with van der Waals surface area (Å²) in [6.07, 6.45) is 1.28. The highest BCUT2D eigenvalue weighted by Gasteiger charge is 2.00. The van der Waals surface area contributed by atoms with Crippen LogP contribution in [-0.2, 0) is 9.53 Å². The molecule has 0 amide bonds. The van der Waals surface area contributed by atoms with Crippen LogP contribution < -0.4 is 9.47 Å². The molecule has 0 aliphatic rings. The smallest absolute Gasteiger partial charge is 0.333 e. The average molecular weight is 222 g/mol. The molecular weight excluding hydrogens is 208 g/mol. The maximum atomic E-state index is 10.9. The summed E-state index contributed by atoms with van der Waals surface area (Å²) in [5, 5.41) is 0. The predicted molar refractivity (Wildman–Crippen MR) is 59.4 cm³/mol. The Kier molecular flexibility index (Phi) is 4.39. The number of esters is 1. The van der Waals surface area contributed by atoms with Crippen molar-refractivity contribution in [1.82, 2.24) is 0 Å². The quantitative estimate of drug-likeness (QED) is 0.445. The van der Waals surface area contributed by atoms with Crippen LogP contribution in [0.1, 0.15) is 6.92 Å². The van der Waals surface area contributed by atoms with E-state index >= 15 is 0 Å². The van der Waals surface area contributed by atoms with Crippen molar-refractivity contribution in [3.8, 4) is 11.5 Å². The normalized spacial score (nSPS) is 10.8. The van der Waals surface area contributed by atoms with Gasteiger partial charge < -0.3 is 14.2 Å². The fourth-order valence-electron chi connectivity index (χ4n) is 1.10. The second-order valence-corrected chi connectivity index (χ2v) is 3.06. The van der Waals surface area contributed by atoms with Crippen LogP contribution in [0.3, 0.4) is 0 Å². The molecule has 0 saturated carbocycles. The first kappa shape index (κ1) is 12.1. The van der Waals surface area contributed by atoms with Crippen molar-refractivity contribution < 1.29 is 19.0 Å². The number of hydrogen-bond acceptors (Lipinski definition) is 4. The molecule has 0 heterocycles. The molecule has 1 aromatic carbocycles. The molecule has 16 heavy (non-hydrogen) atoms. The van der Waals surface area contributed by atoms with E-state index in [1.165, 1.54) is 13.2 Å². The minimum Gasteiger partial charge on any atom is -0.497 e. The van der Waals surface area contributed by atoms with E-state index in [9.17, 15) is 4.79 Å². The van der Waals surface area contributed by atoms with Crippen molar-refractivity contribution >= 4 is 5.97 Å². The molecule has 0 aliphatic heterocycles. The molecule has 0 atom stereocenters. The summed E-state index contributed by atoms with van der Waals surface area (Å²) in [6, 6.07) is 7.12. The van der Waals surface area contributed by atoms with Crippen LogP contribution in [0.2, 0.25) is 0 Å². The standard InChI is InChI=1S/C12H14O4/c1-9(7-12(13)15-3)16-11-6-4-5-10(8-11)14-2/h4-8H,1-3H3. The van der Waals surface area contributed by atoms with E-state index in [1.807, 2.05) is 6.07 Å². The highest BCUT2D eigenvalue weighted by atomic mass is 16.5. The van der Waals surface area contributed by atoms with Gasteiger partial charge in [0.2, 0.25) is 0 Å². The Morgan fingerprint density at radius 1 is 1.25 bits per heavy atom. The maximum absolute atomic E-state index is 10.9. The Morgan fingerprint density at radius 2 is 1.94 bits per heavy atom. The van der Waals surface area contributed by atoms with Gasteiger partial charge in [0.05, 0.1) is 20.3 Å². The van der Waals surface area contributed by atoms with Gasteiger partial charge in [-0.25, -0.2) is 4.79 Å². The minimum absolute atomic E-state index is 0.444. The first-order valence-corrected chi connectivity index (χ1v) is 4.74. The van der Waals surface area contributed by atoms with Crippen LogP contribution in [0, 0.1) is 0 Å². The topological polar surface area (TPSA) is 44.8 Å². The third-order valence-corrected chi connectivity index (χ3v) is 1.84. The highest BCUT2D eigenvalue weighted by molar-refractivity contribution is 5.82. The molecule has 1 aromatic rings. The molecule has 0 unspecified atom stereocenters.